The molecule has 0 amide bonds. The first kappa shape index (κ1) is 17.9. The Balaban J connectivity index is 2.02. The summed E-state index contributed by atoms with van der Waals surface area (Å²) in [5.41, 5.74) is 0.666. The van der Waals surface area contributed by atoms with Gasteiger partial charge in [-0.3, -0.25) is 0 Å². The van der Waals surface area contributed by atoms with Gasteiger partial charge >= 0.3 is 0 Å². The maximum atomic E-state index is 13.1. The molecule has 1 saturated carbocycles. The summed E-state index contributed by atoms with van der Waals surface area (Å²) in [7, 11) is -2.12. The molecule has 2 N–H and O–H groups in total. The largest absolute Gasteiger partial charge is 0.497 e. The van der Waals surface area contributed by atoms with Gasteiger partial charge in [0.05, 0.1) is 30.5 Å². The van der Waals surface area contributed by atoms with Gasteiger partial charge in [0.25, 0.3) is 0 Å². The van der Waals surface area contributed by atoms with Crippen molar-refractivity contribution < 1.29 is 23.4 Å². The Hall–Kier alpha value is -1.89. The zero-order valence-corrected chi connectivity index (χ0v) is 15.0. The minimum atomic E-state index is -3.68. The van der Waals surface area contributed by atoms with Crippen molar-refractivity contribution in [1.82, 2.24) is 0 Å². The Morgan fingerprint density at radius 2 is 1.56 bits per heavy atom. The predicted molar refractivity (Wildman–Crippen MR) is 94.5 cm³/mol. The standard InChI is InChI=1S/C19H22O5S/c1-13-3-9-16(10-4-13)25(22,23)18-17(19(18,11-20)12-21)14-5-7-15(24-2)8-6-14/h3-10,17-18,20-21H,11-12H2,1-2H3/t17-,18-/m1/s1. The third kappa shape index (κ3) is 2.84. The molecule has 5 nitrogen and oxygen atoms in total. The summed E-state index contributed by atoms with van der Waals surface area (Å²) < 4.78 is 31.3. The summed E-state index contributed by atoms with van der Waals surface area (Å²) in [6.07, 6.45) is 0. The van der Waals surface area contributed by atoms with Crippen molar-refractivity contribution in [2.45, 2.75) is 23.0 Å². The van der Waals surface area contributed by atoms with Gasteiger partial charge in [-0.1, -0.05) is 29.8 Å². The molecule has 2 atom stereocenters. The molecule has 1 fully saturated rings. The quantitative estimate of drug-likeness (QED) is 0.820. The first-order valence-corrected chi connectivity index (χ1v) is 9.61. The molecule has 0 aliphatic heterocycles. The van der Waals surface area contributed by atoms with Crippen LogP contribution in [-0.4, -0.2) is 44.2 Å². The fourth-order valence-electron chi connectivity index (χ4n) is 3.56. The van der Waals surface area contributed by atoms with Gasteiger partial charge in [0.1, 0.15) is 5.75 Å². The number of rotatable bonds is 6. The molecule has 0 radical (unpaired) electrons. The van der Waals surface area contributed by atoms with Crippen molar-refractivity contribution >= 4 is 9.84 Å². The molecule has 2 aromatic carbocycles. The van der Waals surface area contributed by atoms with E-state index < -0.39 is 39.6 Å². The van der Waals surface area contributed by atoms with Crippen molar-refractivity contribution in [2.24, 2.45) is 5.41 Å². The summed E-state index contributed by atoms with van der Waals surface area (Å²) >= 11 is 0. The van der Waals surface area contributed by atoms with Crippen LogP contribution in [-0.2, 0) is 9.84 Å². The molecule has 3 rings (SSSR count). The lowest BCUT2D eigenvalue weighted by molar-refractivity contribution is 0.130. The molecule has 2 aromatic rings. The number of benzene rings is 2. The van der Waals surface area contributed by atoms with Crippen molar-refractivity contribution in [2.75, 3.05) is 20.3 Å². The van der Waals surface area contributed by atoms with Gasteiger partial charge in [0.2, 0.25) is 0 Å². The van der Waals surface area contributed by atoms with Crippen molar-refractivity contribution in [3.63, 3.8) is 0 Å². The summed E-state index contributed by atoms with van der Waals surface area (Å²) in [5, 5.41) is 18.9. The third-order valence-corrected chi connectivity index (χ3v) is 7.47. The highest BCUT2D eigenvalue weighted by Gasteiger charge is 2.70. The molecular weight excluding hydrogens is 340 g/mol. The zero-order valence-electron chi connectivity index (χ0n) is 14.2. The van der Waals surface area contributed by atoms with E-state index in [0.717, 1.165) is 11.1 Å². The summed E-state index contributed by atoms with van der Waals surface area (Å²) in [6.45, 7) is 1.10. The topological polar surface area (TPSA) is 83.8 Å². The van der Waals surface area contributed by atoms with Crippen LogP contribution < -0.4 is 4.74 Å². The van der Waals surface area contributed by atoms with E-state index in [-0.39, 0.29) is 4.90 Å². The third-order valence-electron chi connectivity index (χ3n) is 5.13. The van der Waals surface area contributed by atoms with Gasteiger partial charge in [0, 0.05) is 11.3 Å². The Labute approximate surface area is 147 Å². The second-order valence-corrected chi connectivity index (χ2v) is 8.65. The summed E-state index contributed by atoms with van der Waals surface area (Å²) in [4.78, 5) is 0.213. The van der Waals surface area contributed by atoms with E-state index in [0.29, 0.717) is 5.75 Å². The summed E-state index contributed by atoms with van der Waals surface area (Å²) in [5.74, 6) is 0.209. The summed E-state index contributed by atoms with van der Waals surface area (Å²) in [6, 6.07) is 13.7. The number of aryl methyl sites for hydroxylation is 1. The number of hydrogen-bond acceptors (Lipinski definition) is 5. The van der Waals surface area contributed by atoms with Gasteiger partial charge in [-0.05, 0) is 36.8 Å². The van der Waals surface area contributed by atoms with Crippen LogP contribution in [0, 0.1) is 12.3 Å². The van der Waals surface area contributed by atoms with E-state index in [1.807, 2.05) is 6.92 Å². The number of sulfone groups is 1. The number of aliphatic hydroxyl groups excluding tert-OH is 2. The smallest absolute Gasteiger partial charge is 0.182 e. The highest BCUT2D eigenvalue weighted by Crippen LogP contribution is 2.63. The van der Waals surface area contributed by atoms with E-state index in [1.54, 1.807) is 55.6 Å². The van der Waals surface area contributed by atoms with E-state index in [4.69, 9.17) is 4.74 Å². The zero-order chi connectivity index (χ0) is 18.2. The first-order chi connectivity index (χ1) is 11.9. The second kappa shape index (κ2) is 6.44. The highest BCUT2D eigenvalue weighted by atomic mass is 32.2. The number of aliphatic hydroxyl groups is 2. The SMILES string of the molecule is COc1ccc([C@@H]2[C@@H](S(=O)(=O)c3ccc(C)cc3)C2(CO)CO)cc1. The Bertz CT molecular complexity index is 836. The van der Waals surface area contributed by atoms with E-state index in [9.17, 15) is 18.6 Å². The van der Waals surface area contributed by atoms with Crippen LogP contribution in [0.1, 0.15) is 17.0 Å². The molecular formula is C19H22O5S. The van der Waals surface area contributed by atoms with Crippen molar-refractivity contribution in [1.29, 1.82) is 0 Å². The maximum Gasteiger partial charge on any atom is 0.182 e. The molecule has 0 heterocycles. The highest BCUT2D eigenvalue weighted by molar-refractivity contribution is 7.92. The van der Waals surface area contributed by atoms with E-state index in [1.165, 1.54) is 0 Å². The fraction of sp³-hybridized carbons (Fsp3) is 0.368. The molecule has 0 spiro atoms. The van der Waals surface area contributed by atoms with Crippen LogP contribution in [0.15, 0.2) is 53.4 Å². The molecule has 0 aromatic heterocycles. The molecule has 1 aliphatic carbocycles. The average Bonchev–Trinajstić information content (AvgIpc) is 3.33. The lowest BCUT2D eigenvalue weighted by atomic mass is 10.0. The van der Waals surface area contributed by atoms with Gasteiger partial charge in [-0.2, -0.15) is 0 Å². The van der Waals surface area contributed by atoms with Crippen LogP contribution in [0.3, 0.4) is 0 Å². The fourth-order valence-corrected chi connectivity index (χ4v) is 5.99. The lowest BCUT2D eigenvalue weighted by Gasteiger charge is -2.11. The normalized spacial score (nSPS) is 21.8. The predicted octanol–water partition coefficient (Wildman–Crippen LogP) is 1.91. The Kier molecular flexibility index (Phi) is 4.62. The van der Waals surface area contributed by atoms with Crippen molar-refractivity contribution in [3.05, 3.63) is 59.7 Å². The molecule has 6 heteroatoms. The second-order valence-electron chi connectivity index (χ2n) is 6.58. The average molecular weight is 362 g/mol. The molecule has 0 saturated heterocycles. The lowest BCUT2D eigenvalue weighted by Crippen LogP contribution is -2.23. The van der Waals surface area contributed by atoms with Gasteiger partial charge in [-0.25, -0.2) is 8.42 Å². The van der Waals surface area contributed by atoms with Gasteiger partial charge in [-0.15, -0.1) is 0 Å². The van der Waals surface area contributed by atoms with Gasteiger partial charge in [0.15, 0.2) is 9.84 Å². The molecule has 134 valence electrons. The maximum absolute atomic E-state index is 13.1. The van der Waals surface area contributed by atoms with Crippen LogP contribution in [0.25, 0.3) is 0 Å². The Morgan fingerprint density at radius 3 is 2.04 bits per heavy atom. The minimum Gasteiger partial charge on any atom is -0.497 e. The monoisotopic (exact) mass is 362 g/mol. The van der Waals surface area contributed by atoms with E-state index >= 15 is 0 Å². The number of hydrogen-bond donors (Lipinski definition) is 2. The Morgan fingerprint density at radius 1 is 1.00 bits per heavy atom. The molecule has 0 bridgehead atoms. The van der Waals surface area contributed by atoms with Crippen LogP contribution >= 0.6 is 0 Å². The number of methoxy groups -OCH3 is 1. The van der Waals surface area contributed by atoms with Crippen molar-refractivity contribution in [3.8, 4) is 5.75 Å². The number of ether oxygens (including phenoxy) is 1. The van der Waals surface area contributed by atoms with Gasteiger partial charge < -0.3 is 14.9 Å². The van der Waals surface area contributed by atoms with Crippen LogP contribution in [0.5, 0.6) is 5.75 Å². The van der Waals surface area contributed by atoms with E-state index in [2.05, 4.69) is 0 Å². The minimum absolute atomic E-state index is 0.213. The van der Waals surface area contributed by atoms with Crippen LogP contribution in [0.4, 0.5) is 0 Å². The molecule has 25 heavy (non-hydrogen) atoms. The molecule has 1 aliphatic rings. The first-order valence-electron chi connectivity index (χ1n) is 8.07. The van der Waals surface area contributed by atoms with Crippen LogP contribution in [0.2, 0.25) is 0 Å². The molecule has 0 unspecified atom stereocenters.